The lowest BCUT2D eigenvalue weighted by Crippen LogP contribution is -2.13. The molecule has 1 aromatic carbocycles. The number of aromatic nitrogens is 2. The van der Waals surface area contributed by atoms with Crippen molar-refractivity contribution in [3.63, 3.8) is 0 Å². The Morgan fingerprint density at radius 3 is 2.50 bits per heavy atom. The Kier molecular flexibility index (Phi) is 4.39. The summed E-state index contributed by atoms with van der Waals surface area (Å²) in [6.07, 6.45) is -2.86. The monoisotopic (exact) mass is 282 g/mol. The fourth-order valence-corrected chi connectivity index (χ4v) is 1.46. The largest absolute Gasteiger partial charge is 0.460 e. The van der Waals surface area contributed by atoms with Gasteiger partial charge in [-0.05, 0) is 12.5 Å². The number of hydrogen-bond acceptors (Lipinski definition) is 5. The van der Waals surface area contributed by atoms with Crippen molar-refractivity contribution in [1.82, 2.24) is 10.2 Å². The third-order valence-electron chi connectivity index (χ3n) is 2.59. The molecule has 0 saturated heterocycles. The number of rotatable bonds is 5. The molecule has 5 nitrogen and oxygen atoms in total. The molecule has 20 heavy (non-hydrogen) atoms. The molecule has 1 unspecified atom stereocenters. The van der Waals surface area contributed by atoms with E-state index < -0.39 is 24.2 Å². The van der Waals surface area contributed by atoms with E-state index in [9.17, 15) is 13.6 Å². The van der Waals surface area contributed by atoms with E-state index >= 15 is 0 Å². The summed E-state index contributed by atoms with van der Waals surface area (Å²) in [5.41, 5.74) is 0.826. The fourth-order valence-electron chi connectivity index (χ4n) is 1.46. The van der Waals surface area contributed by atoms with Crippen LogP contribution in [0.25, 0.3) is 0 Å². The minimum absolute atomic E-state index is 0.0971. The van der Waals surface area contributed by atoms with Crippen molar-refractivity contribution in [1.29, 1.82) is 0 Å². The van der Waals surface area contributed by atoms with E-state index in [1.165, 1.54) is 6.92 Å². The fraction of sp³-hybridized carbons (Fsp3) is 0.308. The molecule has 0 fully saturated rings. The van der Waals surface area contributed by atoms with Crippen molar-refractivity contribution in [3.05, 3.63) is 47.7 Å². The molecule has 106 valence electrons. The molecule has 0 radical (unpaired) electrons. The first-order valence-corrected chi connectivity index (χ1v) is 5.90. The van der Waals surface area contributed by atoms with E-state index in [2.05, 4.69) is 10.2 Å². The van der Waals surface area contributed by atoms with Crippen LogP contribution in [0.3, 0.4) is 0 Å². The van der Waals surface area contributed by atoms with Crippen LogP contribution in [-0.2, 0) is 16.1 Å². The molecule has 0 aliphatic carbocycles. The topological polar surface area (TPSA) is 65.2 Å². The lowest BCUT2D eigenvalue weighted by Gasteiger charge is -2.08. The highest BCUT2D eigenvalue weighted by molar-refractivity contribution is 5.76. The molecular weight excluding hydrogens is 270 g/mol. The van der Waals surface area contributed by atoms with E-state index in [-0.39, 0.29) is 12.5 Å². The van der Waals surface area contributed by atoms with Crippen LogP contribution >= 0.6 is 0 Å². The number of carbonyl (C=O) groups is 1. The van der Waals surface area contributed by atoms with E-state index in [4.69, 9.17) is 9.15 Å². The van der Waals surface area contributed by atoms with Gasteiger partial charge in [-0.15, -0.1) is 10.2 Å². The molecule has 0 N–H and O–H groups in total. The lowest BCUT2D eigenvalue weighted by molar-refractivity contribution is -0.146. The van der Waals surface area contributed by atoms with Crippen molar-refractivity contribution in [2.45, 2.75) is 25.9 Å². The van der Waals surface area contributed by atoms with Crippen molar-refractivity contribution >= 4 is 5.97 Å². The maximum atomic E-state index is 12.3. The number of carbonyl (C=O) groups excluding carboxylic acids is 1. The van der Waals surface area contributed by atoms with Crippen molar-refractivity contribution < 1.29 is 22.7 Å². The highest BCUT2D eigenvalue weighted by Crippen LogP contribution is 2.21. The smallest absolute Gasteiger partial charge is 0.318 e. The maximum absolute atomic E-state index is 12.3. The van der Waals surface area contributed by atoms with Gasteiger partial charge in [0.25, 0.3) is 5.89 Å². The molecule has 0 amide bonds. The van der Waals surface area contributed by atoms with Gasteiger partial charge < -0.3 is 9.15 Å². The van der Waals surface area contributed by atoms with E-state index in [1.807, 2.05) is 18.2 Å². The number of nitrogens with zero attached hydrogens (tertiary/aromatic N) is 2. The van der Waals surface area contributed by atoms with Crippen LogP contribution < -0.4 is 0 Å². The highest BCUT2D eigenvalue weighted by Gasteiger charge is 2.25. The predicted molar refractivity (Wildman–Crippen MR) is 63.9 cm³/mol. The third kappa shape index (κ3) is 3.37. The van der Waals surface area contributed by atoms with E-state index in [1.54, 1.807) is 12.1 Å². The Hall–Kier alpha value is -2.31. The minimum atomic E-state index is -2.86. The van der Waals surface area contributed by atoms with Crippen molar-refractivity contribution in [2.24, 2.45) is 0 Å². The molecule has 0 bridgehead atoms. The van der Waals surface area contributed by atoms with Gasteiger partial charge in [0.05, 0.1) is 0 Å². The van der Waals surface area contributed by atoms with Crippen molar-refractivity contribution in [2.75, 3.05) is 0 Å². The molecule has 2 rings (SSSR count). The molecule has 1 heterocycles. The first-order chi connectivity index (χ1) is 9.58. The minimum Gasteiger partial charge on any atom is -0.460 e. The first-order valence-electron chi connectivity index (χ1n) is 5.90. The summed E-state index contributed by atoms with van der Waals surface area (Å²) in [6.45, 7) is 1.55. The number of halogens is 2. The van der Waals surface area contributed by atoms with Gasteiger partial charge in [-0.3, -0.25) is 4.79 Å². The molecule has 7 heteroatoms. The molecule has 1 aromatic heterocycles. The van der Waals surface area contributed by atoms with Crippen LogP contribution in [0.2, 0.25) is 0 Å². The average molecular weight is 282 g/mol. The standard InChI is InChI=1S/C13H12F2N2O3/c1-8(11-16-17-12(20-11)10(14)15)13(18)19-7-9-5-3-2-4-6-9/h2-6,8,10H,7H2,1H3. The number of hydrogen-bond donors (Lipinski definition) is 0. The summed E-state index contributed by atoms with van der Waals surface area (Å²) < 4.78 is 34.4. The van der Waals surface area contributed by atoms with Crippen LogP contribution in [0.1, 0.15) is 36.6 Å². The van der Waals surface area contributed by atoms with Crippen molar-refractivity contribution in [3.8, 4) is 0 Å². The average Bonchev–Trinajstić information content (AvgIpc) is 2.95. The molecule has 0 saturated carbocycles. The molecule has 2 aromatic rings. The second-order valence-corrected chi connectivity index (χ2v) is 4.09. The first kappa shape index (κ1) is 14.1. The quantitative estimate of drug-likeness (QED) is 0.789. The maximum Gasteiger partial charge on any atom is 0.318 e. The van der Waals surface area contributed by atoms with Crippen LogP contribution in [-0.4, -0.2) is 16.2 Å². The molecule has 0 spiro atoms. The Morgan fingerprint density at radius 2 is 1.90 bits per heavy atom. The molecule has 0 aliphatic rings. The SMILES string of the molecule is CC(C(=O)OCc1ccccc1)c1nnc(C(F)F)o1. The Bertz CT molecular complexity index is 572. The summed E-state index contributed by atoms with van der Waals surface area (Å²) in [6, 6.07) is 9.09. The highest BCUT2D eigenvalue weighted by atomic mass is 19.3. The summed E-state index contributed by atoms with van der Waals surface area (Å²) in [7, 11) is 0. The van der Waals surface area contributed by atoms with Crippen LogP contribution in [0.5, 0.6) is 0 Å². The van der Waals surface area contributed by atoms with Gasteiger partial charge in [0.2, 0.25) is 5.89 Å². The van der Waals surface area contributed by atoms with Gasteiger partial charge in [-0.25, -0.2) is 0 Å². The second-order valence-electron chi connectivity index (χ2n) is 4.09. The summed E-state index contributed by atoms with van der Waals surface area (Å²) in [4.78, 5) is 11.8. The number of alkyl halides is 2. The van der Waals surface area contributed by atoms with E-state index in [0.29, 0.717) is 0 Å². The summed E-state index contributed by atoms with van der Waals surface area (Å²) >= 11 is 0. The number of benzene rings is 1. The third-order valence-corrected chi connectivity index (χ3v) is 2.59. The Balaban J connectivity index is 1.94. The van der Waals surface area contributed by atoms with Gasteiger partial charge >= 0.3 is 12.4 Å². The molecule has 0 aliphatic heterocycles. The van der Waals surface area contributed by atoms with E-state index in [0.717, 1.165) is 5.56 Å². The Labute approximate surface area is 113 Å². The van der Waals surface area contributed by atoms with Crippen LogP contribution in [0.4, 0.5) is 8.78 Å². The van der Waals surface area contributed by atoms with Gasteiger partial charge in [-0.1, -0.05) is 30.3 Å². The lowest BCUT2D eigenvalue weighted by atomic mass is 10.2. The van der Waals surface area contributed by atoms with Crippen LogP contribution in [0.15, 0.2) is 34.7 Å². The zero-order valence-electron chi connectivity index (χ0n) is 10.6. The summed E-state index contributed by atoms with van der Waals surface area (Å²) in [5, 5.41) is 6.58. The van der Waals surface area contributed by atoms with Gasteiger partial charge in [0, 0.05) is 0 Å². The normalized spacial score (nSPS) is 12.4. The second kappa shape index (κ2) is 6.23. The predicted octanol–water partition coefficient (Wildman–Crippen LogP) is 2.85. The summed E-state index contributed by atoms with van der Waals surface area (Å²) in [5.74, 6) is -2.49. The molecule has 1 atom stereocenters. The zero-order chi connectivity index (χ0) is 14.5. The van der Waals surface area contributed by atoms with Crippen LogP contribution in [0, 0.1) is 0 Å². The van der Waals surface area contributed by atoms with Gasteiger partial charge in [0.15, 0.2) is 0 Å². The van der Waals surface area contributed by atoms with Gasteiger partial charge in [-0.2, -0.15) is 8.78 Å². The van der Waals surface area contributed by atoms with Gasteiger partial charge in [0.1, 0.15) is 12.5 Å². The Morgan fingerprint density at radius 1 is 1.25 bits per heavy atom. The number of esters is 1. The number of ether oxygens (including phenoxy) is 1. The molecular formula is C13H12F2N2O3. The zero-order valence-corrected chi connectivity index (χ0v) is 10.6.